The molecule has 1 saturated carbocycles. The average molecular weight is 267 g/mol. The highest BCUT2D eigenvalue weighted by Gasteiger charge is 2.29. The minimum absolute atomic E-state index is 0.0467. The number of likely N-dealkylation sites (tertiary alicyclic amines) is 1. The molecule has 0 amide bonds. The summed E-state index contributed by atoms with van der Waals surface area (Å²) in [6.07, 6.45) is 6.60. The van der Waals surface area contributed by atoms with Gasteiger partial charge in [0.05, 0.1) is 6.61 Å². The average Bonchev–Trinajstić information content (AvgIpc) is 2.41. The first-order valence-corrected chi connectivity index (χ1v) is 7.60. The Morgan fingerprint density at radius 1 is 1.21 bits per heavy atom. The van der Waals surface area contributed by atoms with E-state index in [2.05, 4.69) is 4.90 Å². The maximum atomic E-state index is 11.5. The Morgan fingerprint density at radius 2 is 1.84 bits per heavy atom. The zero-order valence-electron chi connectivity index (χ0n) is 11.9. The summed E-state index contributed by atoms with van der Waals surface area (Å²) in [5.41, 5.74) is 0. The fraction of sp³-hybridized carbons (Fsp3) is 0.867. The van der Waals surface area contributed by atoms with E-state index in [1.54, 1.807) is 0 Å². The quantitative estimate of drug-likeness (QED) is 0.732. The lowest BCUT2D eigenvalue weighted by Crippen LogP contribution is -2.43. The number of carbonyl (C=O) groups is 2. The highest BCUT2D eigenvalue weighted by Crippen LogP contribution is 2.30. The van der Waals surface area contributed by atoms with Crippen LogP contribution in [0.5, 0.6) is 0 Å². The molecule has 0 bridgehead atoms. The van der Waals surface area contributed by atoms with Gasteiger partial charge in [-0.25, -0.2) is 0 Å². The zero-order valence-corrected chi connectivity index (χ0v) is 11.9. The SMILES string of the molecule is CCOC(=O)CC1CCC(N2CCC(=O)CC2)CC1. The molecule has 4 heteroatoms. The van der Waals surface area contributed by atoms with Crippen LogP contribution >= 0.6 is 0 Å². The molecule has 2 rings (SSSR count). The van der Waals surface area contributed by atoms with Gasteiger partial charge in [0.1, 0.15) is 5.78 Å². The highest BCUT2D eigenvalue weighted by atomic mass is 16.5. The summed E-state index contributed by atoms with van der Waals surface area (Å²) in [7, 11) is 0. The van der Waals surface area contributed by atoms with Crippen molar-refractivity contribution in [2.24, 2.45) is 5.92 Å². The van der Waals surface area contributed by atoms with E-state index in [-0.39, 0.29) is 5.97 Å². The molecule has 19 heavy (non-hydrogen) atoms. The number of carbonyl (C=O) groups excluding carboxylic acids is 2. The van der Waals surface area contributed by atoms with Gasteiger partial charge in [-0.1, -0.05) is 0 Å². The van der Waals surface area contributed by atoms with Gasteiger partial charge in [-0.3, -0.25) is 14.5 Å². The van der Waals surface area contributed by atoms with Crippen LogP contribution in [0.25, 0.3) is 0 Å². The number of hydrogen-bond acceptors (Lipinski definition) is 4. The Balaban J connectivity index is 1.70. The van der Waals surface area contributed by atoms with Gasteiger partial charge < -0.3 is 4.74 Å². The number of rotatable bonds is 4. The largest absolute Gasteiger partial charge is 0.466 e. The molecule has 4 nitrogen and oxygen atoms in total. The normalized spacial score (nSPS) is 29.2. The smallest absolute Gasteiger partial charge is 0.306 e. The number of hydrogen-bond donors (Lipinski definition) is 0. The van der Waals surface area contributed by atoms with Crippen LogP contribution in [0.4, 0.5) is 0 Å². The monoisotopic (exact) mass is 267 g/mol. The van der Waals surface area contributed by atoms with Crippen molar-refractivity contribution in [3.63, 3.8) is 0 Å². The van der Waals surface area contributed by atoms with Crippen LogP contribution in [0.1, 0.15) is 51.9 Å². The highest BCUT2D eigenvalue weighted by molar-refractivity contribution is 5.79. The number of ketones is 1. The molecule has 0 aromatic carbocycles. The van der Waals surface area contributed by atoms with Gasteiger partial charge in [0.25, 0.3) is 0 Å². The summed E-state index contributed by atoms with van der Waals surface area (Å²) >= 11 is 0. The van der Waals surface area contributed by atoms with E-state index >= 15 is 0 Å². The van der Waals surface area contributed by atoms with Crippen molar-refractivity contribution in [1.29, 1.82) is 0 Å². The molecule has 0 atom stereocenters. The summed E-state index contributed by atoms with van der Waals surface area (Å²) in [6, 6.07) is 0.631. The second-order valence-corrected chi connectivity index (χ2v) is 5.76. The van der Waals surface area contributed by atoms with Crippen LogP contribution in [0, 0.1) is 5.92 Å². The van der Waals surface area contributed by atoms with E-state index in [9.17, 15) is 9.59 Å². The molecule has 1 aliphatic heterocycles. The first-order valence-electron chi connectivity index (χ1n) is 7.60. The summed E-state index contributed by atoms with van der Waals surface area (Å²) < 4.78 is 5.01. The number of ether oxygens (including phenoxy) is 1. The molecular formula is C15H25NO3. The van der Waals surface area contributed by atoms with E-state index in [0.29, 0.717) is 30.8 Å². The Bertz CT molecular complexity index is 311. The lowest BCUT2D eigenvalue weighted by molar-refractivity contribution is -0.144. The van der Waals surface area contributed by atoms with E-state index in [1.807, 2.05) is 6.92 Å². The topological polar surface area (TPSA) is 46.6 Å². The van der Waals surface area contributed by atoms with Crippen LogP contribution < -0.4 is 0 Å². The van der Waals surface area contributed by atoms with Crippen molar-refractivity contribution in [3.05, 3.63) is 0 Å². The summed E-state index contributed by atoms with van der Waals surface area (Å²) in [6.45, 7) is 4.21. The van der Waals surface area contributed by atoms with Crippen LogP contribution in [-0.4, -0.2) is 42.4 Å². The van der Waals surface area contributed by atoms with Crippen LogP contribution in [-0.2, 0) is 14.3 Å². The number of Topliss-reactive ketones (excluding diaryl/α,β-unsaturated/α-hetero) is 1. The molecule has 0 unspecified atom stereocenters. The molecule has 1 aliphatic carbocycles. The van der Waals surface area contributed by atoms with Gasteiger partial charge in [0, 0.05) is 38.4 Å². The molecule has 0 aromatic rings. The predicted octanol–water partition coefficient (Wildman–Crippen LogP) is 2.16. The van der Waals surface area contributed by atoms with Crippen LogP contribution in [0.15, 0.2) is 0 Å². The third-order valence-electron chi connectivity index (χ3n) is 4.45. The number of esters is 1. The first-order chi connectivity index (χ1) is 9.19. The first kappa shape index (κ1) is 14.5. The third kappa shape index (κ3) is 4.30. The minimum Gasteiger partial charge on any atom is -0.466 e. The molecule has 0 radical (unpaired) electrons. The standard InChI is InChI=1S/C15H25NO3/c1-2-19-15(18)11-12-3-5-13(6-4-12)16-9-7-14(17)8-10-16/h12-13H,2-11H2,1H3. The molecule has 2 aliphatic rings. The predicted molar refractivity (Wildman–Crippen MR) is 72.8 cm³/mol. The maximum Gasteiger partial charge on any atom is 0.306 e. The van der Waals surface area contributed by atoms with Crippen LogP contribution in [0.2, 0.25) is 0 Å². The molecule has 1 saturated heterocycles. The molecule has 0 spiro atoms. The van der Waals surface area contributed by atoms with E-state index < -0.39 is 0 Å². The van der Waals surface area contributed by atoms with Crippen molar-refractivity contribution in [3.8, 4) is 0 Å². The Labute approximate surface area is 115 Å². The van der Waals surface area contributed by atoms with Gasteiger partial charge in [0.15, 0.2) is 0 Å². The van der Waals surface area contributed by atoms with Gasteiger partial charge in [0.2, 0.25) is 0 Å². The fourth-order valence-electron chi connectivity index (χ4n) is 3.31. The summed E-state index contributed by atoms with van der Waals surface area (Å²) in [5, 5.41) is 0. The number of piperidine rings is 1. The molecule has 0 N–H and O–H groups in total. The lowest BCUT2D eigenvalue weighted by Gasteiger charge is -2.38. The van der Waals surface area contributed by atoms with E-state index in [1.165, 1.54) is 0 Å². The third-order valence-corrected chi connectivity index (χ3v) is 4.45. The van der Waals surface area contributed by atoms with Gasteiger partial charge >= 0.3 is 5.97 Å². The van der Waals surface area contributed by atoms with Crippen molar-refractivity contribution < 1.29 is 14.3 Å². The second-order valence-electron chi connectivity index (χ2n) is 5.76. The van der Waals surface area contributed by atoms with Crippen molar-refractivity contribution in [1.82, 2.24) is 4.90 Å². The molecule has 0 aromatic heterocycles. The van der Waals surface area contributed by atoms with Gasteiger partial charge in [-0.05, 0) is 38.5 Å². The van der Waals surface area contributed by atoms with Gasteiger partial charge in [-0.2, -0.15) is 0 Å². The minimum atomic E-state index is -0.0467. The van der Waals surface area contributed by atoms with Crippen LogP contribution in [0.3, 0.4) is 0 Å². The summed E-state index contributed by atoms with van der Waals surface area (Å²) in [4.78, 5) is 25.2. The lowest BCUT2D eigenvalue weighted by atomic mass is 9.83. The Hall–Kier alpha value is -0.900. The van der Waals surface area contributed by atoms with Crippen molar-refractivity contribution >= 4 is 11.8 Å². The van der Waals surface area contributed by atoms with E-state index in [0.717, 1.165) is 51.6 Å². The summed E-state index contributed by atoms with van der Waals surface area (Å²) in [5.74, 6) is 0.864. The maximum absolute atomic E-state index is 11.5. The van der Waals surface area contributed by atoms with E-state index in [4.69, 9.17) is 4.74 Å². The van der Waals surface area contributed by atoms with Gasteiger partial charge in [-0.15, -0.1) is 0 Å². The Morgan fingerprint density at radius 3 is 2.42 bits per heavy atom. The number of nitrogens with zero attached hydrogens (tertiary/aromatic N) is 1. The second kappa shape index (κ2) is 7.04. The molecule has 1 heterocycles. The van der Waals surface area contributed by atoms with Crippen molar-refractivity contribution in [2.45, 2.75) is 57.9 Å². The zero-order chi connectivity index (χ0) is 13.7. The molecular weight excluding hydrogens is 242 g/mol. The fourth-order valence-corrected chi connectivity index (χ4v) is 3.31. The molecule has 108 valence electrons. The van der Waals surface area contributed by atoms with Crippen molar-refractivity contribution in [2.75, 3.05) is 19.7 Å². The Kier molecular flexibility index (Phi) is 5.37. The molecule has 2 fully saturated rings.